The summed E-state index contributed by atoms with van der Waals surface area (Å²) in [5.41, 5.74) is 0.383. The van der Waals surface area contributed by atoms with Crippen molar-refractivity contribution in [2.45, 2.75) is 6.42 Å². The fourth-order valence-electron chi connectivity index (χ4n) is 2.25. The van der Waals surface area contributed by atoms with Crippen LogP contribution in [0.25, 0.3) is 0 Å². The minimum Gasteiger partial charge on any atom is -0.506 e. The number of carbonyl (C=O) groups is 3. The third-order valence-electron chi connectivity index (χ3n) is 3.35. The lowest BCUT2D eigenvalue weighted by atomic mass is 10.1. The van der Waals surface area contributed by atoms with Gasteiger partial charge in [-0.05, 0) is 18.2 Å². The van der Waals surface area contributed by atoms with Crippen molar-refractivity contribution in [1.82, 2.24) is 0 Å². The second-order valence-electron chi connectivity index (χ2n) is 4.62. The van der Waals surface area contributed by atoms with Crippen LogP contribution in [0, 0.1) is 5.92 Å². The number of benzene rings is 1. The molecule has 1 amide bonds. The van der Waals surface area contributed by atoms with E-state index in [0.717, 1.165) is 0 Å². The van der Waals surface area contributed by atoms with Crippen LogP contribution >= 0.6 is 0 Å². The molecule has 1 fully saturated rings. The molecule has 2 rings (SSSR count). The molecule has 1 atom stereocenters. The van der Waals surface area contributed by atoms with Crippen molar-refractivity contribution in [3.63, 3.8) is 0 Å². The first-order chi connectivity index (χ1) is 9.97. The van der Waals surface area contributed by atoms with Gasteiger partial charge in [0, 0.05) is 13.0 Å². The lowest BCUT2D eigenvalue weighted by Crippen LogP contribution is -2.26. The topological polar surface area (TPSA) is 93.1 Å². The Morgan fingerprint density at radius 2 is 2.00 bits per heavy atom. The first-order valence-electron chi connectivity index (χ1n) is 6.27. The van der Waals surface area contributed by atoms with Gasteiger partial charge in [0.15, 0.2) is 0 Å². The minimum atomic E-state index is -0.580. The van der Waals surface area contributed by atoms with Gasteiger partial charge in [0.05, 0.1) is 31.4 Å². The normalized spacial score (nSPS) is 17.7. The van der Waals surface area contributed by atoms with Gasteiger partial charge in [-0.25, -0.2) is 4.79 Å². The lowest BCUT2D eigenvalue weighted by Gasteiger charge is -2.18. The second kappa shape index (κ2) is 5.82. The van der Waals surface area contributed by atoms with Crippen molar-refractivity contribution < 1.29 is 29.0 Å². The largest absolute Gasteiger partial charge is 0.506 e. The van der Waals surface area contributed by atoms with Gasteiger partial charge in [0.25, 0.3) is 0 Å². The summed E-state index contributed by atoms with van der Waals surface area (Å²) in [6.45, 7) is 0.101. The van der Waals surface area contributed by atoms with Crippen LogP contribution in [0.4, 0.5) is 5.69 Å². The van der Waals surface area contributed by atoms with E-state index < -0.39 is 17.9 Å². The summed E-state index contributed by atoms with van der Waals surface area (Å²) in [6, 6.07) is 4.06. The highest BCUT2D eigenvalue weighted by atomic mass is 16.5. The Kier molecular flexibility index (Phi) is 4.11. The van der Waals surface area contributed by atoms with Crippen molar-refractivity contribution in [1.29, 1.82) is 0 Å². The van der Waals surface area contributed by atoms with Crippen molar-refractivity contribution in [3.8, 4) is 5.75 Å². The number of phenols is 1. The predicted octanol–water partition coefficient (Wildman–Crippen LogP) is 0.705. The van der Waals surface area contributed by atoms with Crippen LogP contribution < -0.4 is 4.90 Å². The van der Waals surface area contributed by atoms with E-state index in [2.05, 4.69) is 9.47 Å². The number of carbonyl (C=O) groups excluding carboxylic acids is 3. The van der Waals surface area contributed by atoms with Gasteiger partial charge < -0.3 is 19.5 Å². The van der Waals surface area contributed by atoms with Gasteiger partial charge in [-0.1, -0.05) is 0 Å². The number of esters is 2. The molecule has 0 aliphatic carbocycles. The molecule has 1 N–H and O–H groups in total. The fourth-order valence-corrected chi connectivity index (χ4v) is 2.25. The van der Waals surface area contributed by atoms with Gasteiger partial charge in [0.1, 0.15) is 5.75 Å². The van der Waals surface area contributed by atoms with Gasteiger partial charge in [-0.2, -0.15) is 0 Å². The molecule has 0 aromatic heterocycles. The van der Waals surface area contributed by atoms with Crippen molar-refractivity contribution >= 4 is 23.5 Å². The SMILES string of the molecule is COC(=O)c1ccc(O)c(N2CC(C(=O)OC)CC2=O)c1. The van der Waals surface area contributed by atoms with E-state index in [1.165, 1.54) is 37.3 Å². The van der Waals surface area contributed by atoms with Crippen LogP contribution in [-0.2, 0) is 19.1 Å². The summed E-state index contributed by atoms with van der Waals surface area (Å²) < 4.78 is 9.22. The average Bonchev–Trinajstić information content (AvgIpc) is 2.88. The monoisotopic (exact) mass is 293 g/mol. The molecule has 7 heteroatoms. The number of hydrogen-bond donors (Lipinski definition) is 1. The Balaban J connectivity index is 2.31. The van der Waals surface area contributed by atoms with E-state index in [-0.39, 0.29) is 35.9 Å². The molecular formula is C14H15NO6. The summed E-state index contributed by atoms with van der Waals surface area (Å²) in [5.74, 6) is -2.10. The van der Waals surface area contributed by atoms with Crippen LogP contribution in [0.5, 0.6) is 5.75 Å². The third-order valence-corrected chi connectivity index (χ3v) is 3.35. The number of rotatable bonds is 3. The van der Waals surface area contributed by atoms with Crippen LogP contribution in [0.3, 0.4) is 0 Å². The number of anilines is 1. The smallest absolute Gasteiger partial charge is 0.337 e. The van der Waals surface area contributed by atoms with Crippen molar-refractivity contribution in [2.24, 2.45) is 5.92 Å². The zero-order chi connectivity index (χ0) is 15.6. The molecule has 21 heavy (non-hydrogen) atoms. The molecule has 1 heterocycles. The van der Waals surface area contributed by atoms with E-state index >= 15 is 0 Å². The highest BCUT2D eigenvalue weighted by Crippen LogP contribution is 2.33. The summed E-state index contributed by atoms with van der Waals surface area (Å²) in [6.07, 6.45) is 0.00850. The van der Waals surface area contributed by atoms with Crippen molar-refractivity contribution in [3.05, 3.63) is 23.8 Å². The first kappa shape index (κ1) is 14.8. The van der Waals surface area contributed by atoms with Crippen LogP contribution in [0.2, 0.25) is 0 Å². The van der Waals surface area contributed by atoms with Crippen LogP contribution in [0.1, 0.15) is 16.8 Å². The molecule has 0 saturated carbocycles. The second-order valence-corrected chi connectivity index (χ2v) is 4.62. The van der Waals surface area contributed by atoms with E-state index in [0.29, 0.717) is 0 Å². The van der Waals surface area contributed by atoms with E-state index in [1.807, 2.05) is 0 Å². The van der Waals surface area contributed by atoms with Crippen LogP contribution in [-0.4, -0.2) is 43.7 Å². The van der Waals surface area contributed by atoms with Gasteiger partial charge in [-0.3, -0.25) is 9.59 Å². The maximum Gasteiger partial charge on any atom is 0.337 e. The number of nitrogens with zero attached hydrogens (tertiary/aromatic N) is 1. The quantitative estimate of drug-likeness (QED) is 0.825. The maximum absolute atomic E-state index is 12.0. The Bertz CT molecular complexity index is 597. The number of hydrogen-bond acceptors (Lipinski definition) is 6. The molecule has 1 saturated heterocycles. The molecule has 1 aliphatic rings. The summed E-state index contributed by atoms with van der Waals surface area (Å²) >= 11 is 0. The maximum atomic E-state index is 12.0. The number of amides is 1. The molecule has 1 unspecified atom stereocenters. The fraction of sp³-hybridized carbons (Fsp3) is 0.357. The summed E-state index contributed by atoms with van der Waals surface area (Å²) in [5, 5.41) is 9.89. The molecule has 1 aromatic carbocycles. The third kappa shape index (κ3) is 2.81. The molecule has 0 radical (unpaired) electrons. The zero-order valence-corrected chi connectivity index (χ0v) is 11.7. The van der Waals surface area contributed by atoms with E-state index in [9.17, 15) is 19.5 Å². The minimum absolute atomic E-state index is 0.00850. The Morgan fingerprint density at radius 1 is 1.29 bits per heavy atom. The number of ether oxygens (including phenoxy) is 2. The Hall–Kier alpha value is -2.57. The number of phenolic OH excluding ortho intramolecular Hbond substituents is 1. The predicted molar refractivity (Wildman–Crippen MR) is 71.9 cm³/mol. The molecule has 7 nitrogen and oxygen atoms in total. The van der Waals surface area contributed by atoms with Gasteiger partial charge in [-0.15, -0.1) is 0 Å². The molecule has 0 spiro atoms. The summed E-state index contributed by atoms with van der Waals surface area (Å²) in [4.78, 5) is 36.3. The lowest BCUT2D eigenvalue weighted by molar-refractivity contribution is -0.145. The van der Waals surface area contributed by atoms with Crippen LogP contribution in [0.15, 0.2) is 18.2 Å². The molecule has 1 aromatic rings. The zero-order valence-electron chi connectivity index (χ0n) is 11.7. The standard InChI is InChI=1S/C14H15NO6/c1-20-13(18)8-3-4-11(16)10(5-8)15-7-9(6-12(15)17)14(19)21-2/h3-5,9,16H,6-7H2,1-2H3. The first-order valence-corrected chi connectivity index (χ1v) is 6.27. The molecule has 1 aliphatic heterocycles. The van der Waals surface area contributed by atoms with E-state index in [1.54, 1.807) is 0 Å². The Labute approximate surface area is 121 Å². The number of methoxy groups -OCH3 is 2. The molecule has 0 bridgehead atoms. The highest BCUT2D eigenvalue weighted by molar-refractivity contribution is 6.01. The van der Waals surface area contributed by atoms with E-state index in [4.69, 9.17) is 0 Å². The molecular weight excluding hydrogens is 278 g/mol. The highest BCUT2D eigenvalue weighted by Gasteiger charge is 2.37. The number of aromatic hydroxyl groups is 1. The van der Waals surface area contributed by atoms with Crippen molar-refractivity contribution in [2.75, 3.05) is 25.7 Å². The Morgan fingerprint density at radius 3 is 2.62 bits per heavy atom. The molecule has 112 valence electrons. The summed E-state index contributed by atoms with van der Waals surface area (Å²) in [7, 11) is 2.49. The van der Waals surface area contributed by atoms with Gasteiger partial charge >= 0.3 is 11.9 Å². The van der Waals surface area contributed by atoms with Gasteiger partial charge in [0.2, 0.25) is 5.91 Å². The average molecular weight is 293 g/mol.